The number of esters is 1. The van der Waals surface area contributed by atoms with Crippen molar-refractivity contribution in [3.8, 4) is 5.75 Å². The summed E-state index contributed by atoms with van der Waals surface area (Å²) in [7, 11) is 1.56. The molecule has 0 unspecified atom stereocenters. The van der Waals surface area contributed by atoms with Crippen LogP contribution in [0.5, 0.6) is 5.75 Å². The van der Waals surface area contributed by atoms with Crippen molar-refractivity contribution in [1.29, 1.82) is 0 Å². The summed E-state index contributed by atoms with van der Waals surface area (Å²) in [5.41, 5.74) is 12.7. The molecule has 0 aromatic heterocycles. The highest BCUT2D eigenvalue weighted by molar-refractivity contribution is 5.89. The quantitative estimate of drug-likeness (QED) is 0.192. The Balaban J connectivity index is 0.000000708. The molecule has 3 rings (SSSR count). The van der Waals surface area contributed by atoms with E-state index in [9.17, 15) is 27.2 Å². The summed E-state index contributed by atoms with van der Waals surface area (Å²) in [5.74, 6) is -3.54. The van der Waals surface area contributed by atoms with Crippen molar-refractivity contribution in [3.05, 3.63) is 78.1 Å². The van der Waals surface area contributed by atoms with Crippen molar-refractivity contribution in [2.45, 2.75) is 43.9 Å². The number of aliphatic carboxylic acids is 1. The molecule has 2 atom stereocenters. The third-order valence-electron chi connectivity index (χ3n) is 5.93. The Kier molecular flexibility index (Phi) is 12.0. The third-order valence-corrected chi connectivity index (χ3v) is 5.93. The van der Waals surface area contributed by atoms with Gasteiger partial charge in [-0.3, -0.25) is 4.79 Å². The van der Waals surface area contributed by atoms with Gasteiger partial charge in [0.1, 0.15) is 17.6 Å². The number of nitrogens with two attached hydrogens (primary N) is 2. The highest BCUT2D eigenvalue weighted by atomic mass is 19.4. The predicted molar refractivity (Wildman–Crippen MR) is 141 cm³/mol. The molecule has 5 N–H and O–H groups in total. The number of rotatable bonds is 10. The number of ether oxygens (including phenoxy) is 1. The number of carbonyl (C=O) groups is 3. The Bertz CT molecular complexity index is 1280. The standard InChI is InChI=1S/C26H30FN3O3.C2HF3O2/c1-30(25(31)23(29)15-10-18-8-12-21(27)13-9-18)24(7-4-16-28)26(32)33-22-14-11-19-5-2-3-6-20(19)17-22;3-2(4,5)1(6)7/h2-3,5-6,8-9,11-14,17,23-24H,4,7,10,15-16,28-29H2,1H3;(H,6,7)/t23-,24-;/m0./s1. The lowest BCUT2D eigenvalue weighted by Crippen LogP contribution is -2.50. The van der Waals surface area contributed by atoms with Crippen LogP contribution in [0.1, 0.15) is 24.8 Å². The van der Waals surface area contributed by atoms with E-state index in [1.807, 2.05) is 30.3 Å². The SMILES string of the molecule is CN(C(=O)[C@@H](N)CCc1ccc(F)cc1)[C@@H](CCCN)C(=O)Oc1ccc2ccccc2c1.O=C(O)C(F)(F)F. The minimum atomic E-state index is -5.08. The van der Waals surface area contributed by atoms with E-state index in [-0.39, 0.29) is 11.7 Å². The summed E-state index contributed by atoms with van der Waals surface area (Å²) in [4.78, 5) is 36.2. The molecule has 0 saturated carbocycles. The summed E-state index contributed by atoms with van der Waals surface area (Å²) in [6, 6.07) is 17.7. The van der Waals surface area contributed by atoms with Crippen molar-refractivity contribution in [2.24, 2.45) is 11.5 Å². The van der Waals surface area contributed by atoms with Crippen molar-refractivity contribution >= 4 is 28.6 Å². The average Bonchev–Trinajstić information content (AvgIpc) is 2.92. The lowest BCUT2D eigenvalue weighted by molar-refractivity contribution is -0.192. The number of carboxylic acid groups (broad SMARTS) is 1. The first kappa shape index (κ1) is 32.2. The summed E-state index contributed by atoms with van der Waals surface area (Å²) in [6.07, 6.45) is -3.26. The monoisotopic (exact) mass is 565 g/mol. The normalized spacial score (nSPS) is 12.6. The van der Waals surface area contributed by atoms with Gasteiger partial charge in [-0.2, -0.15) is 13.2 Å². The van der Waals surface area contributed by atoms with E-state index in [4.69, 9.17) is 26.1 Å². The second-order valence-corrected chi connectivity index (χ2v) is 8.90. The van der Waals surface area contributed by atoms with Gasteiger partial charge < -0.3 is 26.2 Å². The highest BCUT2D eigenvalue weighted by Crippen LogP contribution is 2.22. The number of hydrogen-bond acceptors (Lipinski definition) is 6. The van der Waals surface area contributed by atoms with Crippen molar-refractivity contribution in [3.63, 3.8) is 0 Å². The zero-order valence-electron chi connectivity index (χ0n) is 21.7. The van der Waals surface area contributed by atoms with E-state index in [2.05, 4.69) is 0 Å². The molecule has 0 spiro atoms. The minimum Gasteiger partial charge on any atom is -0.475 e. The molecule has 0 radical (unpaired) electrons. The van der Waals surface area contributed by atoms with E-state index in [1.165, 1.54) is 17.0 Å². The Morgan fingerprint density at radius 1 is 0.975 bits per heavy atom. The van der Waals surface area contributed by atoms with Crippen LogP contribution in [-0.4, -0.2) is 59.7 Å². The van der Waals surface area contributed by atoms with E-state index in [1.54, 1.807) is 31.3 Å². The topological polar surface area (TPSA) is 136 Å². The number of carboxylic acids is 1. The zero-order valence-corrected chi connectivity index (χ0v) is 21.7. The van der Waals surface area contributed by atoms with Crippen LogP contribution in [0.3, 0.4) is 0 Å². The zero-order chi connectivity index (χ0) is 29.9. The Morgan fingerprint density at radius 3 is 2.15 bits per heavy atom. The molecule has 216 valence electrons. The Hall–Kier alpha value is -4.03. The van der Waals surface area contributed by atoms with Gasteiger partial charge in [-0.15, -0.1) is 0 Å². The van der Waals surface area contributed by atoms with Gasteiger partial charge in [-0.05, 0) is 72.8 Å². The maximum absolute atomic E-state index is 13.1. The maximum atomic E-state index is 13.1. The van der Waals surface area contributed by atoms with Gasteiger partial charge in [0.15, 0.2) is 0 Å². The van der Waals surface area contributed by atoms with Crippen LogP contribution in [0.4, 0.5) is 17.6 Å². The second kappa shape index (κ2) is 14.9. The fraction of sp³-hybridized carbons (Fsp3) is 0.321. The Morgan fingerprint density at radius 2 is 1.57 bits per heavy atom. The van der Waals surface area contributed by atoms with E-state index in [0.717, 1.165) is 16.3 Å². The summed E-state index contributed by atoms with van der Waals surface area (Å²) < 4.78 is 50.4. The number of carbonyl (C=O) groups excluding carboxylic acids is 2. The number of nitrogens with zero attached hydrogens (tertiary/aromatic N) is 1. The largest absolute Gasteiger partial charge is 0.490 e. The average molecular weight is 566 g/mol. The van der Waals surface area contributed by atoms with E-state index in [0.29, 0.717) is 38.0 Å². The first-order chi connectivity index (χ1) is 18.8. The number of halogens is 4. The van der Waals surface area contributed by atoms with Crippen molar-refractivity contribution in [2.75, 3.05) is 13.6 Å². The molecule has 0 aliphatic heterocycles. The minimum absolute atomic E-state index is 0.313. The summed E-state index contributed by atoms with van der Waals surface area (Å²) >= 11 is 0. The predicted octanol–water partition coefficient (Wildman–Crippen LogP) is 4.04. The van der Waals surface area contributed by atoms with Crippen LogP contribution in [0.15, 0.2) is 66.7 Å². The second-order valence-electron chi connectivity index (χ2n) is 8.90. The lowest BCUT2D eigenvalue weighted by Gasteiger charge is -2.29. The van der Waals surface area contributed by atoms with Gasteiger partial charge in [0, 0.05) is 7.05 Å². The molecule has 0 aliphatic rings. The van der Waals surface area contributed by atoms with Gasteiger partial charge >= 0.3 is 18.1 Å². The maximum Gasteiger partial charge on any atom is 0.490 e. The number of alkyl halides is 3. The molecule has 3 aromatic rings. The van der Waals surface area contributed by atoms with Gasteiger partial charge in [0.25, 0.3) is 0 Å². The van der Waals surface area contributed by atoms with Crippen molar-refractivity contribution in [1.82, 2.24) is 4.90 Å². The summed E-state index contributed by atoms with van der Waals surface area (Å²) in [6.45, 7) is 0.387. The number of aryl methyl sites for hydroxylation is 1. The van der Waals surface area contributed by atoms with E-state index < -0.39 is 30.2 Å². The summed E-state index contributed by atoms with van der Waals surface area (Å²) in [5, 5.41) is 9.12. The molecule has 0 saturated heterocycles. The molecule has 3 aromatic carbocycles. The molecule has 8 nitrogen and oxygen atoms in total. The molecule has 1 amide bonds. The molecular formula is C28H31F4N3O5. The van der Waals surface area contributed by atoms with Crippen LogP contribution < -0.4 is 16.2 Å². The highest BCUT2D eigenvalue weighted by Gasteiger charge is 2.38. The van der Waals surface area contributed by atoms with Crippen LogP contribution in [0.2, 0.25) is 0 Å². The van der Waals surface area contributed by atoms with E-state index >= 15 is 0 Å². The fourth-order valence-corrected chi connectivity index (χ4v) is 3.71. The molecule has 0 fully saturated rings. The lowest BCUT2D eigenvalue weighted by atomic mass is 10.0. The van der Waals surface area contributed by atoms with Gasteiger partial charge in [-0.25, -0.2) is 14.0 Å². The Labute approximate surface area is 228 Å². The molecular weight excluding hydrogens is 534 g/mol. The first-order valence-corrected chi connectivity index (χ1v) is 12.3. The number of likely N-dealkylation sites (N-methyl/N-ethyl adjacent to an activating group) is 1. The van der Waals surface area contributed by atoms with Crippen molar-refractivity contribution < 1.29 is 41.8 Å². The number of hydrogen-bond donors (Lipinski definition) is 3. The number of amides is 1. The van der Waals surface area contributed by atoms with Gasteiger partial charge in [0.05, 0.1) is 6.04 Å². The van der Waals surface area contributed by atoms with Crippen LogP contribution in [-0.2, 0) is 20.8 Å². The van der Waals surface area contributed by atoms with Gasteiger partial charge in [-0.1, -0.05) is 42.5 Å². The van der Waals surface area contributed by atoms with Crippen LogP contribution in [0.25, 0.3) is 10.8 Å². The molecule has 40 heavy (non-hydrogen) atoms. The van der Waals surface area contributed by atoms with Gasteiger partial charge in [0.2, 0.25) is 5.91 Å². The smallest absolute Gasteiger partial charge is 0.475 e. The number of fused-ring (bicyclic) bond motifs is 1. The molecule has 0 aliphatic carbocycles. The first-order valence-electron chi connectivity index (χ1n) is 12.3. The third kappa shape index (κ3) is 9.93. The van der Waals surface area contributed by atoms with Crippen LogP contribution in [0, 0.1) is 5.82 Å². The molecule has 0 bridgehead atoms. The number of benzene rings is 3. The molecule has 12 heteroatoms. The van der Waals surface area contributed by atoms with Crippen LogP contribution >= 0.6 is 0 Å². The fourth-order valence-electron chi connectivity index (χ4n) is 3.71. The molecule has 0 heterocycles.